The second-order valence-electron chi connectivity index (χ2n) is 5.12. The van der Waals surface area contributed by atoms with Crippen LogP contribution >= 0.6 is 0 Å². The largest absolute Gasteiger partial charge is 0.368 e. The van der Waals surface area contributed by atoms with E-state index in [-0.39, 0.29) is 5.69 Å². The number of aromatic nitrogens is 5. The molecular weight excluding hydrogens is 310 g/mol. The Kier molecular flexibility index (Phi) is 4.41. The maximum Gasteiger partial charge on any atom is 0.269 e. The number of hydrogen-bond acceptors (Lipinski definition) is 7. The molecule has 9 heteroatoms. The molecule has 9 nitrogen and oxygen atoms in total. The molecule has 0 aliphatic carbocycles. The molecule has 0 amide bonds. The Balaban J connectivity index is 1.74. The molecule has 0 atom stereocenters. The highest BCUT2D eigenvalue weighted by Gasteiger charge is 2.08. The topological polar surface area (TPSA) is 112 Å². The van der Waals surface area contributed by atoms with Gasteiger partial charge in [-0.05, 0) is 19.1 Å². The lowest BCUT2D eigenvalue weighted by molar-refractivity contribution is -0.384. The first kappa shape index (κ1) is 15.5. The maximum atomic E-state index is 10.7. The van der Waals surface area contributed by atoms with Crippen molar-refractivity contribution in [2.24, 2.45) is 0 Å². The van der Waals surface area contributed by atoms with Crippen molar-refractivity contribution in [1.82, 2.24) is 25.0 Å². The fourth-order valence-corrected chi connectivity index (χ4v) is 2.17. The Morgan fingerprint density at radius 3 is 2.71 bits per heavy atom. The minimum Gasteiger partial charge on any atom is -0.368 e. The summed E-state index contributed by atoms with van der Waals surface area (Å²) >= 11 is 0. The van der Waals surface area contributed by atoms with Crippen molar-refractivity contribution in [2.75, 3.05) is 11.9 Å². The quantitative estimate of drug-likeness (QED) is 0.545. The first-order valence-corrected chi connectivity index (χ1v) is 7.30. The summed E-state index contributed by atoms with van der Waals surface area (Å²) in [5, 5.41) is 21.6. The van der Waals surface area contributed by atoms with Gasteiger partial charge >= 0.3 is 0 Å². The highest BCUT2D eigenvalue weighted by Crippen LogP contribution is 2.21. The number of hydrogen-bond donors (Lipinski definition) is 1. The van der Waals surface area contributed by atoms with Crippen molar-refractivity contribution in [3.63, 3.8) is 0 Å². The van der Waals surface area contributed by atoms with Gasteiger partial charge in [0.1, 0.15) is 5.82 Å². The predicted octanol–water partition coefficient (Wildman–Crippen LogP) is 2.06. The molecular formula is C15H15N7O2. The summed E-state index contributed by atoms with van der Waals surface area (Å²) in [4.78, 5) is 19.1. The number of nitro benzene ring substituents is 1. The number of non-ortho nitro benzene ring substituents is 1. The van der Waals surface area contributed by atoms with Crippen molar-refractivity contribution in [3.05, 3.63) is 58.5 Å². The van der Waals surface area contributed by atoms with Gasteiger partial charge < -0.3 is 5.32 Å². The Labute approximate surface area is 137 Å². The van der Waals surface area contributed by atoms with Crippen molar-refractivity contribution in [3.8, 4) is 11.4 Å². The second kappa shape index (κ2) is 6.82. The predicted molar refractivity (Wildman–Crippen MR) is 87.4 cm³/mol. The van der Waals surface area contributed by atoms with Crippen LogP contribution in [0.1, 0.15) is 5.69 Å². The van der Waals surface area contributed by atoms with Gasteiger partial charge in [-0.1, -0.05) is 5.21 Å². The van der Waals surface area contributed by atoms with Gasteiger partial charge in [0.2, 0.25) is 0 Å². The molecule has 3 rings (SSSR count). The second-order valence-corrected chi connectivity index (χ2v) is 5.12. The van der Waals surface area contributed by atoms with Crippen LogP contribution in [0.4, 0.5) is 11.5 Å². The molecule has 3 aromatic rings. The first-order chi connectivity index (χ1) is 11.6. The molecule has 0 saturated carbocycles. The summed E-state index contributed by atoms with van der Waals surface area (Å²) in [7, 11) is 0. The van der Waals surface area contributed by atoms with Gasteiger partial charge in [-0.2, -0.15) is 0 Å². The number of nitrogens with zero attached hydrogens (tertiary/aromatic N) is 6. The van der Waals surface area contributed by atoms with Crippen LogP contribution < -0.4 is 5.32 Å². The molecule has 0 spiro atoms. The number of rotatable bonds is 6. The third-order valence-corrected chi connectivity index (χ3v) is 3.31. The monoisotopic (exact) mass is 325 g/mol. The zero-order valence-electron chi connectivity index (χ0n) is 13.0. The molecule has 0 fully saturated rings. The molecule has 122 valence electrons. The summed E-state index contributed by atoms with van der Waals surface area (Å²) < 4.78 is 1.72. The van der Waals surface area contributed by atoms with E-state index >= 15 is 0 Å². The molecule has 0 bridgehead atoms. The molecule has 0 unspecified atom stereocenters. The Morgan fingerprint density at radius 1 is 1.25 bits per heavy atom. The van der Waals surface area contributed by atoms with Crippen LogP contribution in [-0.2, 0) is 6.54 Å². The smallest absolute Gasteiger partial charge is 0.269 e. The van der Waals surface area contributed by atoms with Crippen molar-refractivity contribution < 1.29 is 4.92 Å². The van der Waals surface area contributed by atoms with E-state index in [4.69, 9.17) is 0 Å². The van der Waals surface area contributed by atoms with Crippen LogP contribution in [0, 0.1) is 17.0 Å². The SMILES string of the molecule is Cc1cc(NCCn2ccnn2)nc(-c2ccc([N+](=O)[O-])cc2)n1. The first-order valence-electron chi connectivity index (χ1n) is 7.30. The Morgan fingerprint density at radius 2 is 2.04 bits per heavy atom. The van der Waals surface area contributed by atoms with Crippen LogP contribution in [0.3, 0.4) is 0 Å². The van der Waals surface area contributed by atoms with Crippen molar-refractivity contribution >= 4 is 11.5 Å². The van der Waals surface area contributed by atoms with Gasteiger partial charge in [-0.3, -0.25) is 14.8 Å². The van der Waals surface area contributed by atoms with Crippen LogP contribution in [0.15, 0.2) is 42.7 Å². The average Bonchev–Trinajstić information content (AvgIpc) is 3.08. The van der Waals surface area contributed by atoms with E-state index in [1.807, 2.05) is 13.0 Å². The van der Waals surface area contributed by atoms with Gasteiger partial charge in [-0.25, -0.2) is 9.97 Å². The Hall–Kier alpha value is -3.36. The minimum atomic E-state index is -0.433. The lowest BCUT2D eigenvalue weighted by Gasteiger charge is -2.08. The maximum absolute atomic E-state index is 10.7. The third kappa shape index (κ3) is 3.69. The highest BCUT2D eigenvalue weighted by molar-refractivity contribution is 5.59. The van der Waals surface area contributed by atoms with E-state index in [0.29, 0.717) is 24.7 Å². The van der Waals surface area contributed by atoms with Crippen molar-refractivity contribution in [1.29, 1.82) is 0 Å². The molecule has 0 aliphatic rings. The van der Waals surface area contributed by atoms with Gasteiger partial charge in [0.15, 0.2) is 5.82 Å². The van der Waals surface area contributed by atoms with Crippen LogP contribution in [0.25, 0.3) is 11.4 Å². The number of nitro groups is 1. The van der Waals surface area contributed by atoms with Crippen LogP contribution in [0.5, 0.6) is 0 Å². The third-order valence-electron chi connectivity index (χ3n) is 3.31. The standard InChI is InChI=1S/C15H15N7O2/c1-11-10-14(16-6-8-21-9-7-17-20-21)19-15(18-11)12-2-4-13(5-3-12)22(23)24/h2-5,7,9-10H,6,8H2,1H3,(H,16,18,19). The fraction of sp³-hybridized carbons (Fsp3) is 0.200. The Bertz CT molecular complexity index is 832. The van der Waals surface area contributed by atoms with E-state index in [0.717, 1.165) is 11.3 Å². The van der Waals surface area contributed by atoms with Gasteiger partial charge in [0.05, 0.1) is 17.7 Å². The van der Waals surface area contributed by atoms with E-state index in [1.54, 1.807) is 29.2 Å². The lowest BCUT2D eigenvalue weighted by Crippen LogP contribution is -2.12. The molecule has 0 radical (unpaired) electrons. The van der Waals surface area contributed by atoms with Crippen LogP contribution in [0.2, 0.25) is 0 Å². The van der Waals surface area contributed by atoms with Gasteiger partial charge in [0.25, 0.3) is 5.69 Å². The molecule has 0 aliphatic heterocycles. The molecule has 1 aromatic carbocycles. The van der Waals surface area contributed by atoms with E-state index in [1.165, 1.54) is 12.1 Å². The molecule has 1 N–H and O–H groups in total. The summed E-state index contributed by atoms with van der Waals surface area (Å²) in [6.07, 6.45) is 3.41. The van der Waals surface area contributed by atoms with Crippen molar-refractivity contribution in [2.45, 2.75) is 13.5 Å². The number of aryl methyl sites for hydroxylation is 1. The summed E-state index contributed by atoms with van der Waals surface area (Å²) in [5.74, 6) is 1.21. The van der Waals surface area contributed by atoms with Gasteiger partial charge in [-0.15, -0.1) is 5.10 Å². The summed E-state index contributed by atoms with van der Waals surface area (Å²) in [5.41, 5.74) is 1.57. The summed E-state index contributed by atoms with van der Waals surface area (Å²) in [6, 6.07) is 8.02. The number of anilines is 1. The van der Waals surface area contributed by atoms with E-state index in [2.05, 4.69) is 25.6 Å². The zero-order valence-corrected chi connectivity index (χ0v) is 13.0. The normalized spacial score (nSPS) is 10.5. The summed E-state index contributed by atoms with van der Waals surface area (Å²) in [6.45, 7) is 3.18. The van der Waals surface area contributed by atoms with E-state index in [9.17, 15) is 10.1 Å². The minimum absolute atomic E-state index is 0.0394. The lowest BCUT2D eigenvalue weighted by atomic mass is 10.2. The van der Waals surface area contributed by atoms with E-state index < -0.39 is 4.92 Å². The number of nitrogens with one attached hydrogen (secondary N) is 1. The molecule has 24 heavy (non-hydrogen) atoms. The average molecular weight is 325 g/mol. The van der Waals surface area contributed by atoms with Crippen LogP contribution in [-0.4, -0.2) is 36.4 Å². The highest BCUT2D eigenvalue weighted by atomic mass is 16.6. The fourth-order valence-electron chi connectivity index (χ4n) is 2.17. The number of benzene rings is 1. The van der Waals surface area contributed by atoms with Gasteiger partial charge in [0, 0.05) is 42.2 Å². The zero-order chi connectivity index (χ0) is 16.9. The molecule has 2 heterocycles. The molecule has 0 saturated heterocycles. The molecule has 2 aromatic heterocycles.